The predicted molar refractivity (Wildman–Crippen MR) is 89.6 cm³/mol. The molecule has 4 bridgehead atoms. The number of hydrogen-bond acceptors (Lipinski definition) is 4. The van der Waals surface area contributed by atoms with Crippen LogP contribution in [0.3, 0.4) is 0 Å². The lowest BCUT2D eigenvalue weighted by Gasteiger charge is -2.60. The molecule has 5 nitrogen and oxygen atoms in total. The summed E-state index contributed by atoms with van der Waals surface area (Å²) >= 11 is 0. The molecule has 0 radical (unpaired) electrons. The van der Waals surface area contributed by atoms with E-state index in [-0.39, 0.29) is 17.7 Å². The molecule has 4 fully saturated rings. The Labute approximate surface area is 142 Å². The van der Waals surface area contributed by atoms with Crippen molar-refractivity contribution in [1.29, 1.82) is 0 Å². The second kappa shape index (κ2) is 6.12. The van der Waals surface area contributed by atoms with E-state index in [1.807, 2.05) is 0 Å². The van der Waals surface area contributed by atoms with Gasteiger partial charge in [0.05, 0.1) is 17.9 Å². The Balaban J connectivity index is 1.62. The van der Waals surface area contributed by atoms with Gasteiger partial charge in [-0.15, -0.1) is 0 Å². The molecule has 0 amide bonds. The molecule has 0 unspecified atom stereocenters. The maximum atomic E-state index is 11.5. The van der Waals surface area contributed by atoms with Crippen LogP contribution < -0.4 is 0 Å². The number of aliphatic hydroxyl groups excluding tert-OH is 1. The molecular formula is C19H26N2O3. The van der Waals surface area contributed by atoms with Crippen molar-refractivity contribution in [3.63, 3.8) is 0 Å². The Morgan fingerprint density at radius 2 is 1.83 bits per heavy atom. The number of hydrogen-bond donors (Lipinski definition) is 2. The minimum absolute atomic E-state index is 0.108. The van der Waals surface area contributed by atoms with Gasteiger partial charge >= 0.3 is 5.97 Å². The molecule has 1 aromatic rings. The highest BCUT2D eigenvalue weighted by molar-refractivity contribution is 5.88. The number of rotatable bonds is 6. The van der Waals surface area contributed by atoms with Gasteiger partial charge in [0.1, 0.15) is 0 Å². The summed E-state index contributed by atoms with van der Waals surface area (Å²) in [6, 6.07) is 3.30. The van der Waals surface area contributed by atoms with Crippen LogP contribution in [0.1, 0.15) is 54.6 Å². The van der Waals surface area contributed by atoms with Gasteiger partial charge in [-0.2, -0.15) is 0 Å². The SMILES string of the molecule is O=C(O)c1cccnc1CN(CCO)C12CC3CC(CC(C3)C1)C2. The Kier molecular flexibility index (Phi) is 4.09. The lowest BCUT2D eigenvalue weighted by atomic mass is 9.52. The van der Waals surface area contributed by atoms with E-state index < -0.39 is 5.97 Å². The molecule has 5 rings (SSSR count). The van der Waals surface area contributed by atoms with Gasteiger partial charge in [-0.1, -0.05) is 0 Å². The topological polar surface area (TPSA) is 73.7 Å². The van der Waals surface area contributed by atoms with Crippen molar-refractivity contribution in [2.75, 3.05) is 13.2 Å². The van der Waals surface area contributed by atoms with E-state index in [2.05, 4.69) is 9.88 Å². The molecule has 0 aliphatic heterocycles. The molecule has 1 aromatic heterocycles. The summed E-state index contributed by atoms with van der Waals surface area (Å²) in [5.74, 6) is 1.54. The van der Waals surface area contributed by atoms with Crippen LogP contribution in [0.2, 0.25) is 0 Å². The number of β-amino-alcohol motifs (C(OH)–C–C–N with tert-alkyl or cyclic N) is 1. The standard InChI is InChI=1S/C19H26N2O3/c22-5-4-21(12-17-16(18(23)24)2-1-3-20-17)19-9-13-6-14(10-19)8-15(7-13)11-19/h1-3,13-15,22H,4-12H2,(H,23,24). The number of nitrogens with zero attached hydrogens (tertiary/aromatic N) is 2. The lowest BCUT2D eigenvalue weighted by molar-refractivity contribution is -0.0963. The molecule has 1 heterocycles. The van der Waals surface area contributed by atoms with Gasteiger partial charge in [-0.05, 0) is 68.4 Å². The van der Waals surface area contributed by atoms with E-state index in [0.29, 0.717) is 18.8 Å². The zero-order chi connectivity index (χ0) is 16.7. The van der Waals surface area contributed by atoms with Crippen LogP contribution in [0, 0.1) is 17.8 Å². The monoisotopic (exact) mass is 330 g/mol. The van der Waals surface area contributed by atoms with Crippen molar-refractivity contribution in [3.8, 4) is 0 Å². The third-order valence-electron chi connectivity index (χ3n) is 6.51. The molecule has 5 heteroatoms. The highest BCUT2D eigenvalue weighted by Crippen LogP contribution is 2.57. The zero-order valence-corrected chi connectivity index (χ0v) is 14.0. The molecular weight excluding hydrogens is 304 g/mol. The second-order valence-electron chi connectivity index (χ2n) is 8.09. The molecule has 4 saturated carbocycles. The summed E-state index contributed by atoms with van der Waals surface area (Å²) in [5.41, 5.74) is 1.05. The Bertz CT molecular complexity index is 596. The minimum atomic E-state index is -0.924. The first-order valence-electron chi connectivity index (χ1n) is 9.13. The van der Waals surface area contributed by atoms with E-state index in [1.165, 1.54) is 38.5 Å². The van der Waals surface area contributed by atoms with Crippen LogP contribution in [0.4, 0.5) is 0 Å². The Morgan fingerprint density at radius 3 is 2.38 bits per heavy atom. The summed E-state index contributed by atoms with van der Waals surface area (Å²) in [4.78, 5) is 18.2. The highest BCUT2D eigenvalue weighted by Gasteiger charge is 2.53. The number of pyridine rings is 1. The number of carboxylic acid groups (broad SMARTS) is 1. The molecule has 0 spiro atoms. The fourth-order valence-electron chi connectivity index (χ4n) is 6.00. The third-order valence-corrected chi connectivity index (χ3v) is 6.51. The maximum absolute atomic E-state index is 11.5. The van der Waals surface area contributed by atoms with E-state index in [1.54, 1.807) is 18.3 Å². The fraction of sp³-hybridized carbons (Fsp3) is 0.684. The van der Waals surface area contributed by atoms with Crippen molar-refractivity contribution >= 4 is 5.97 Å². The summed E-state index contributed by atoms with van der Waals surface area (Å²) in [6.45, 7) is 1.23. The molecule has 4 aliphatic rings. The normalized spacial score (nSPS) is 34.0. The van der Waals surface area contributed by atoms with Gasteiger partial charge in [-0.25, -0.2) is 4.79 Å². The molecule has 24 heavy (non-hydrogen) atoms. The Morgan fingerprint density at radius 1 is 1.21 bits per heavy atom. The van der Waals surface area contributed by atoms with Crippen LogP contribution >= 0.6 is 0 Å². The molecule has 0 saturated heterocycles. The van der Waals surface area contributed by atoms with Gasteiger partial charge in [-0.3, -0.25) is 9.88 Å². The largest absolute Gasteiger partial charge is 0.478 e. The first-order valence-corrected chi connectivity index (χ1v) is 9.13. The van der Waals surface area contributed by atoms with Gasteiger partial charge in [0, 0.05) is 24.8 Å². The molecule has 0 aromatic carbocycles. The smallest absolute Gasteiger partial charge is 0.337 e. The van der Waals surface area contributed by atoms with E-state index in [0.717, 1.165) is 17.8 Å². The second-order valence-corrected chi connectivity index (χ2v) is 8.09. The average molecular weight is 330 g/mol. The van der Waals surface area contributed by atoms with Crippen molar-refractivity contribution in [3.05, 3.63) is 29.6 Å². The van der Waals surface area contributed by atoms with Gasteiger partial charge in [0.2, 0.25) is 0 Å². The number of carbonyl (C=O) groups is 1. The third kappa shape index (κ3) is 2.74. The van der Waals surface area contributed by atoms with Crippen molar-refractivity contribution in [1.82, 2.24) is 9.88 Å². The van der Waals surface area contributed by atoms with E-state index >= 15 is 0 Å². The van der Waals surface area contributed by atoms with Crippen LogP contribution in [0.5, 0.6) is 0 Å². The molecule has 130 valence electrons. The molecule has 2 N–H and O–H groups in total. The van der Waals surface area contributed by atoms with Gasteiger partial charge in [0.15, 0.2) is 0 Å². The van der Waals surface area contributed by atoms with Gasteiger partial charge in [0.25, 0.3) is 0 Å². The zero-order valence-electron chi connectivity index (χ0n) is 14.0. The van der Waals surface area contributed by atoms with Crippen molar-refractivity contribution in [2.24, 2.45) is 17.8 Å². The van der Waals surface area contributed by atoms with Crippen LogP contribution in [-0.2, 0) is 6.54 Å². The summed E-state index contributed by atoms with van der Waals surface area (Å²) < 4.78 is 0. The quantitative estimate of drug-likeness (QED) is 0.838. The first kappa shape index (κ1) is 16.0. The Hall–Kier alpha value is -1.46. The van der Waals surface area contributed by atoms with Crippen LogP contribution in [-0.4, -0.2) is 44.8 Å². The first-order chi connectivity index (χ1) is 11.6. The maximum Gasteiger partial charge on any atom is 0.337 e. The number of aliphatic hydroxyl groups is 1. The van der Waals surface area contributed by atoms with E-state index in [9.17, 15) is 15.0 Å². The lowest BCUT2D eigenvalue weighted by Crippen LogP contribution is -2.60. The number of aromatic nitrogens is 1. The number of carboxylic acids is 1. The minimum Gasteiger partial charge on any atom is -0.478 e. The number of aromatic carboxylic acids is 1. The molecule has 0 atom stereocenters. The van der Waals surface area contributed by atoms with Gasteiger partial charge < -0.3 is 10.2 Å². The highest BCUT2D eigenvalue weighted by atomic mass is 16.4. The average Bonchev–Trinajstić information content (AvgIpc) is 2.53. The fourth-order valence-corrected chi connectivity index (χ4v) is 6.00. The van der Waals surface area contributed by atoms with Crippen LogP contribution in [0.15, 0.2) is 18.3 Å². The van der Waals surface area contributed by atoms with E-state index in [4.69, 9.17) is 0 Å². The summed E-state index contributed by atoms with van der Waals surface area (Å²) in [7, 11) is 0. The summed E-state index contributed by atoms with van der Waals surface area (Å²) in [5, 5.41) is 19.1. The predicted octanol–water partition coefficient (Wildman–Crippen LogP) is 2.54. The van der Waals surface area contributed by atoms with Crippen LogP contribution in [0.25, 0.3) is 0 Å². The summed E-state index contributed by atoms with van der Waals surface area (Å²) in [6.07, 6.45) is 9.39. The molecule has 4 aliphatic carbocycles. The van der Waals surface area contributed by atoms with Crippen molar-refractivity contribution in [2.45, 2.75) is 50.6 Å². The van der Waals surface area contributed by atoms with Crippen molar-refractivity contribution < 1.29 is 15.0 Å².